The fourth-order valence-corrected chi connectivity index (χ4v) is 3.15. The molecule has 2 atom stereocenters. The van der Waals surface area contributed by atoms with Gasteiger partial charge in [-0.05, 0) is 25.7 Å². The minimum absolute atomic E-state index is 0.0363. The van der Waals surface area contributed by atoms with Crippen LogP contribution in [0.25, 0.3) is 0 Å². The Kier molecular flexibility index (Phi) is 4.68. The van der Waals surface area contributed by atoms with Crippen LogP contribution in [-0.2, 0) is 9.59 Å². The molecule has 122 valence electrons. The van der Waals surface area contributed by atoms with Crippen LogP contribution in [0.5, 0.6) is 0 Å². The summed E-state index contributed by atoms with van der Waals surface area (Å²) >= 11 is 0. The van der Waals surface area contributed by atoms with Gasteiger partial charge in [-0.3, -0.25) is 19.8 Å². The van der Waals surface area contributed by atoms with Crippen molar-refractivity contribution in [3.8, 4) is 0 Å². The first-order valence-electron chi connectivity index (χ1n) is 7.62. The van der Waals surface area contributed by atoms with E-state index in [1.165, 1.54) is 0 Å². The lowest BCUT2D eigenvalue weighted by Crippen LogP contribution is -2.54. The third-order valence-electron chi connectivity index (χ3n) is 4.39. The molecule has 0 aromatic rings. The Morgan fingerprint density at radius 3 is 2.73 bits per heavy atom. The molecule has 0 unspecified atom stereocenters. The standard InChI is InChI=1S/C14H22N4O4/c1-3-15-12(21)16-10(19)8-18-11(20)14(17-13(18)22)7-5-4-6-9(14)2/h9H,3-8H2,1-2H3,(H,17,22)(H2,15,16,19,21)/t9-,14+/m0/s1. The van der Waals surface area contributed by atoms with E-state index in [1.807, 2.05) is 6.92 Å². The van der Waals surface area contributed by atoms with Gasteiger partial charge in [0.2, 0.25) is 5.91 Å². The Balaban J connectivity index is 2.03. The Hall–Kier alpha value is -2.12. The van der Waals surface area contributed by atoms with Crippen molar-refractivity contribution in [1.82, 2.24) is 20.9 Å². The SMILES string of the molecule is CCNC(=O)NC(=O)CN1C(=O)N[C@@]2(CCCC[C@@H]2C)C1=O. The number of carbonyl (C=O) groups is 4. The molecule has 3 N–H and O–H groups in total. The lowest BCUT2D eigenvalue weighted by atomic mass is 9.73. The number of hydrogen-bond acceptors (Lipinski definition) is 4. The van der Waals surface area contributed by atoms with Gasteiger partial charge in [0.1, 0.15) is 12.1 Å². The molecule has 1 spiro atoms. The van der Waals surface area contributed by atoms with Crippen LogP contribution in [0.1, 0.15) is 39.5 Å². The summed E-state index contributed by atoms with van der Waals surface area (Å²) in [6.45, 7) is 3.59. The molecule has 2 rings (SSSR count). The van der Waals surface area contributed by atoms with Gasteiger partial charge in [-0.1, -0.05) is 19.8 Å². The maximum absolute atomic E-state index is 12.6. The summed E-state index contributed by atoms with van der Waals surface area (Å²) in [5.74, 6) is -1.01. The molecule has 0 aromatic carbocycles. The van der Waals surface area contributed by atoms with Crippen LogP contribution < -0.4 is 16.0 Å². The smallest absolute Gasteiger partial charge is 0.325 e. The predicted octanol–water partition coefficient (Wildman–Crippen LogP) is 0.333. The van der Waals surface area contributed by atoms with Crippen molar-refractivity contribution in [2.75, 3.05) is 13.1 Å². The van der Waals surface area contributed by atoms with Crippen molar-refractivity contribution in [3.05, 3.63) is 0 Å². The van der Waals surface area contributed by atoms with Crippen LogP contribution in [-0.4, -0.2) is 47.4 Å². The Labute approximate surface area is 129 Å². The Morgan fingerprint density at radius 1 is 1.36 bits per heavy atom. The lowest BCUT2D eigenvalue weighted by Gasteiger charge is -2.36. The van der Waals surface area contributed by atoms with Crippen molar-refractivity contribution in [1.29, 1.82) is 0 Å². The van der Waals surface area contributed by atoms with Gasteiger partial charge in [-0.15, -0.1) is 0 Å². The number of amides is 6. The number of hydrogen-bond donors (Lipinski definition) is 3. The van der Waals surface area contributed by atoms with E-state index in [4.69, 9.17) is 0 Å². The summed E-state index contributed by atoms with van der Waals surface area (Å²) in [4.78, 5) is 48.6. The molecule has 0 bridgehead atoms. The maximum atomic E-state index is 12.6. The van der Waals surface area contributed by atoms with Gasteiger partial charge in [0, 0.05) is 6.54 Å². The second-order valence-corrected chi connectivity index (χ2v) is 5.85. The highest BCUT2D eigenvalue weighted by Crippen LogP contribution is 2.37. The zero-order valence-electron chi connectivity index (χ0n) is 12.9. The quantitative estimate of drug-likeness (QED) is 0.653. The first-order valence-corrected chi connectivity index (χ1v) is 7.62. The lowest BCUT2D eigenvalue weighted by molar-refractivity contribution is -0.137. The molecule has 6 amide bonds. The largest absolute Gasteiger partial charge is 0.338 e. The van der Waals surface area contributed by atoms with E-state index in [1.54, 1.807) is 6.92 Å². The number of carbonyl (C=O) groups excluding carboxylic acids is 4. The third kappa shape index (κ3) is 2.90. The van der Waals surface area contributed by atoms with Crippen molar-refractivity contribution in [3.63, 3.8) is 0 Å². The summed E-state index contributed by atoms with van der Waals surface area (Å²) in [5.41, 5.74) is -0.888. The second kappa shape index (κ2) is 6.33. The number of nitrogens with zero attached hydrogens (tertiary/aromatic N) is 1. The average Bonchev–Trinajstić information content (AvgIpc) is 2.68. The topological polar surface area (TPSA) is 108 Å². The summed E-state index contributed by atoms with van der Waals surface area (Å²) < 4.78 is 0. The van der Waals surface area contributed by atoms with E-state index in [0.717, 1.165) is 24.2 Å². The first kappa shape index (κ1) is 16.3. The van der Waals surface area contributed by atoms with Crippen molar-refractivity contribution in [2.24, 2.45) is 5.92 Å². The zero-order valence-corrected chi connectivity index (χ0v) is 12.9. The van der Waals surface area contributed by atoms with Gasteiger partial charge in [0.05, 0.1) is 0 Å². The van der Waals surface area contributed by atoms with Crippen LogP contribution in [0.2, 0.25) is 0 Å². The van der Waals surface area contributed by atoms with Crippen molar-refractivity contribution < 1.29 is 19.2 Å². The number of imide groups is 2. The van der Waals surface area contributed by atoms with Gasteiger partial charge < -0.3 is 10.6 Å². The molecule has 1 aliphatic carbocycles. The number of rotatable bonds is 3. The van der Waals surface area contributed by atoms with Crippen molar-refractivity contribution >= 4 is 23.9 Å². The van der Waals surface area contributed by atoms with Gasteiger partial charge in [-0.2, -0.15) is 0 Å². The van der Waals surface area contributed by atoms with E-state index in [2.05, 4.69) is 16.0 Å². The fraction of sp³-hybridized carbons (Fsp3) is 0.714. The molecule has 1 aliphatic heterocycles. The van der Waals surface area contributed by atoms with Gasteiger partial charge >= 0.3 is 12.1 Å². The van der Waals surface area contributed by atoms with E-state index >= 15 is 0 Å². The van der Waals surface area contributed by atoms with Crippen LogP contribution in [0, 0.1) is 5.92 Å². The predicted molar refractivity (Wildman–Crippen MR) is 77.8 cm³/mol. The fourth-order valence-electron chi connectivity index (χ4n) is 3.15. The molecule has 2 aliphatic rings. The van der Waals surface area contributed by atoms with Gasteiger partial charge in [0.25, 0.3) is 5.91 Å². The normalized spacial score (nSPS) is 27.7. The molecule has 1 saturated carbocycles. The van der Waals surface area contributed by atoms with Crippen LogP contribution >= 0.6 is 0 Å². The molecular formula is C14H22N4O4. The molecule has 22 heavy (non-hydrogen) atoms. The third-order valence-corrected chi connectivity index (χ3v) is 4.39. The van der Waals surface area contributed by atoms with Gasteiger partial charge in [-0.25, -0.2) is 9.59 Å². The van der Waals surface area contributed by atoms with E-state index < -0.39 is 30.1 Å². The summed E-state index contributed by atoms with van der Waals surface area (Å²) in [7, 11) is 0. The molecule has 8 heteroatoms. The van der Waals surface area contributed by atoms with Crippen LogP contribution in [0.3, 0.4) is 0 Å². The summed E-state index contributed by atoms with van der Waals surface area (Å²) in [5, 5.41) is 7.26. The van der Waals surface area contributed by atoms with E-state index in [9.17, 15) is 19.2 Å². The molecule has 8 nitrogen and oxygen atoms in total. The molecule has 1 saturated heterocycles. The molecule has 2 fully saturated rings. The molecule has 1 heterocycles. The minimum Gasteiger partial charge on any atom is -0.338 e. The zero-order chi connectivity index (χ0) is 16.3. The van der Waals surface area contributed by atoms with Crippen molar-refractivity contribution in [2.45, 2.75) is 45.1 Å². The average molecular weight is 310 g/mol. The number of nitrogens with one attached hydrogen (secondary N) is 3. The Morgan fingerprint density at radius 2 is 2.09 bits per heavy atom. The minimum atomic E-state index is -0.888. The van der Waals surface area contributed by atoms with E-state index in [-0.39, 0.29) is 11.8 Å². The summed E-state index contributed by atoms with van der Waals surface area (Å²) in [6.07, 6.45) is 3.36. The van der Waals surface area contributed by atoms with Crippen LogP contribution in [0.4, 0.5) is 9.59 Å². The van der Waals surface area contributed by atoms with Gasteiger partial charge in [0.15, 0.2) is 0 Å². The second-order valence-electron chi connectivity index (χ2n) is 5.85. The molecule has 0 radical (unpaired) electrons. The maximum Gasteiger partial charge on any atom is 0.325 e. The van der Waals surface area contributed by atoms with E-state index in [0.29, 0.717) is 13.0 Å². The highest BCUT2D eigenvalue weighted by molar-refractivity contribution is 6.10. The molecular weight excluding hydrogens is 288 g/mol. The Bertz CT molecular complexity index is 507. The monoisotopic (exact) mass is 310 g/mol. The first-order chi connectivity index (χ1) is 10.4. The van der Waals surface area contributed by atoms with Crippen LogP contribution in [0.15, 0.2) is 0 Å². The molecule has 0 aromatic heterocycles. The highest BCUT2D eigenvalue weighted by atomic mass is 16.2. The summed E-state index contributed by atoms with van der Waals surface area (Å²) in [6, 6.07) is -1.20. The highest BCUT2D eigenvalue weighted by Gasteiger charge is 2.55. The number of urea groups is 2.